The van der Waals surface area contributed by atoms with Gasteiger partial charge in [-0.1, -0.05) is 18.2 Å². The monoisotopic (exact) mass is 361 g/mol. The van der Waals surface area contributed by atoms with Crippen molar-refractivity contribution in [3.8, 4) is 10.4 Å². The van der Waals surface area contributed by atoms with E-state index in [2.05, 4.69) is 6.92 Å². The Morgan fingerprint density at radius 2 is 2.04 bits per heavy atom. The first-order valence-electron chi connectivity index (χ1n) is 8.23. The van der Waals surface area contributed by atoms with Crippen molar-refractivity contribution in [1.29, 1.82) is 0 Å². The minimum atomic E-state index is -3.32. The Balaban J connectivity index is 1.76. The van der Waals surface area contributed by atoms with Crippen molar-refractivity contribution in [2.75, 3.05) is 6.54 Å². The standard InChI is InChI=1S/C18H19NO3S2/c1-12-6-4-5-9-19(12)18(20)15-10-13-11-24(21,22)16-8-3-2-7-14(16)17(13)23-15/h2-3,7-8,10,12H,4-6,9,11H2,1H3/t12-/m0/s1. The van der Waals surface area contributed by atoms with E-state index in [0.29, 0.717) is 9.77 Å². The zero-order chi connectivity index (χ0) is 16.9. The predicted molar refractivity (Wildman–Crippen MR) is 95.0 cm³/mol. The van der Waals surface area contributed by atoms with E-state index in [0.717, 1.165) is 41.8 Å². The smallest absolute Gasteiger partial charge is 0.264 e. The number of fused-ring (bicyclic) bond motifs is 3. The Hall–Kier alpha value is -1.66. The lowest BCUT2D eigenvalue weighted by Gasteiger charge is -2.33. The zero-order valence-corrected chi connectivity index (χ0v) is 15.1. The normalized spacial score (nSPS) is 21.9. The van der Waals surface area contributed by atoms with Gasteiger partial charge in [-0.2, -0.15) is 0 Å². The topological polar surface area (TPSA) is 54.5 Å². The summed E-state index contributed by atoms with van der Waals surface area (Å²) in [6, 6.07) is 9.12. The SMILES string of the molecule is C[C@H]1CCCCN1C(=O)c1cc2c(s1)-c1ccccc1S(=O)(=O)C2. The molecule has 0 spiro atoms. The van der Waals surface area contributed by atoms with Crippen LogP contribution in [0.4, 0.5) is 0 Å². The number of sulfone groups is 1. The molecule has 2 aliphatic heterocycles. The van der Waals surface area contributed by atoms with Crippen molar-refractivity contribution in [2.24, 2.45) is 0 Å². The van der Waals surface area contributed by atoms with Crippen molar-refractivity contribution < 1.29 is 13.2 Å². The number of hydrogen-bond acceptors (Lipinski definition) is 4. The van der Waals surface area contributed by atoms with Gasteiger partial charge in [-0.3, -0.25) is 4.79 Å². The van der Waals surface area contributed by atoms with Crippen LogP contribution in [0.2, 0.25) is 0 Å². The molecule has 2 aliphatic rings. The summed E-state index contributed by atoms with van der Waals surface area (Å²) in [5.74, 6) is 0.0232. The van der Waals surface area contributed by atoms with E-state index in [1.165, 1.54) is 11.3 Å². The van der Waals surface area contributed by atoms with Gasteiger partial charge in [0.2, 0.25) is 0 Å². The van der Waals surface area contributed by atoms with E-state index in [4.69, 9.17) is 0 Å². The van der Waals surface area contributed by atoms with Crippen molar-refractivity contribution in [3.63, 3.8) is 0 Å². The van der Waals surface area contributed by atoms with Crippen LogP contribution in [0.25, 0.3) is 10.4 Å². The van der Waals surface area contributed by atoms with E-state index in [1.807, 2.05) is 17.0 Å². The Labute approximate surface area is 146 Å². The highest BCUT2D eigenvalue weighted by atomic mass is 32.2. The molecule has 0 N–H and O–H groups in total. The lowest BCUT2D eigenvalue weighted by Crippen LogP contribution is -2.41. The van der Waals surface area contributed by atoms with Crippen LogP contribution in [0.5, 0.6) is 0 Å². The first-order valence-corrected chi connectivity index (χ1v) is 10.7. The lowest BCUT2D eigenvalue weighted by atomic mass is 10.0. The van der Waals surface area contributed by atoms with Gasteiger partial charge in [-0.25, -0.2) is 8.42 Å². The number of thiophene rings is 1. The van der Waals surface area contributed by atoms with Gasteiger partial charge in [-0.15, -0.1) is 11.3 Å². The van der Waals surface area contributed by atoms with Crippen LogP contribution in [0.15, 0.2) is 35.2 Å². The maximum Gasteiger partial charge on any atom is 0.264 e. The summed E-state index contributed by atoms with van der Waals surface area (Å²) in [7, 11) is -3.32. The third kappa shape index (κ3) is 2.48. The fourth-order valence-corrected chi connectivity index (χ4v) is 6.53. The average molecular weight is 361 g/mol. The van der Waals surface area contributed by atoms with E-state index >= 15 is 0 Å². The van der Waals surface area contributed by atoms with Gasteiger partial charge in [0, 0.05) is 23.0 Å². The molecule has 0 unspecified atom stereocenters. The third-order valence-corrected chi connectivity index (χ3v) is 7.81. The quantitative estimate of drug-likeness (QED) is 0.778. The summed E-state index contributed by atoms with van der Waals surface area (Å²) >= 11 is 1.43. The van der Waals surface area contributed by atoms with Crippen molar-refractivity contribution in [3.05, 3.63) is 40.8 Å². The Bertz CT molecular complexity index is 914. The van der Waals surface area contributed by atoms with Gasteiger partial charge in [0.25, 0.3) is 5.91 Å². The van der Waals surface area contributed by atoms with Gasteiger partial charge >= 0.3 is 0 Å². The molecule has 2 aromatic rings. The summed E-state index contributed by atoms with van der Waals surface area (Å²) in [4.78, 5) is 16.8. The van der Waals surface area contributed by atoms with E-state index in [1.54, 1.807) is 18.2 Å². The first-order chi connectivity index (χ1) is 11.5. The van der Waals surface area contributed by atoms with Crippen molar-refractivity contribution in [2.45, 2.75) is 42.9 Å². The average Bonchev–Trinajstić information content (AvgIpc) is 2.98. The molecule has 6 heteroatoms. The molecular formula is C18H19NO3S2. The maximum absolute atomic E-state index is 12.9. The minimum absolute atomic E-state index is 0.0152. The Morgan fingerprint density at radius 1 is 1.25 bits per heavy atom. The molecule has 4 nitrogen and oxygen atoms in total. The third-order valence-electron chi connectivity index (χ3n) is 4.90. The van der Waals surface area contributed by atoms with E-state index < -0.39 is 9.84 Å². The molecule has 0 radical (unpaired) electrons. The molecule has 1 fully saturated rings. The molecule has 1 aromatic carbocycles. The second-order valence-electron chi connectivity index (χ2n) is 6.56. The summed E-state index contributed by atoms with van der Waals surface area (Å²) in [6.45, 7) is 2.88. The maximum atomic E-state index is 12.9. The van der Waals surface area contributed by atoms with Gasteiger partial charge in [0.15, 0.2) is 9.84 Å². The summed E-state index contributed by atoms with van der Waals surface area (Å²) in [6.07, 6.45) is 3.24. The highest BCUT2D eigenvalue weighted by Gasteiger charge is 2.32. The summed E-state index contributed by atoms with van der Waals surface area (Å²) in [5.41, 5.74) is 1.49. The number of carbonyl (C=O) groups is 1. The second kappa shape index (κ2) is 5.70. The number of piperidine rings is 1. The number of hydrogen-bond donors (Lipinski definition) is 0. The van der Waals surface area contributed by atoms with Crippen LogP contribution in [0.3, 0.4) is 0 Å². The van der Waals surface area contributed by atoms with Crippen molar-refractivity contribution in [1.82, 2.24) is 4.90 Å². The molecule has 3 heterocycles. The number of rotatable bonds is 1. The van der Waals surface area contributed by atoms with Crippen molar-refractivity contribution >= 4 is 27.1 Å². The minimum Gasteiger partial charge on any atom is -0.335 e. The predicted octanol–water partition coefficient (Wildman–Crippen LogP) is 3.72. The molecule has 0 saturated carbocycles. The molecule has 1 amide bonds. The Morgan fingerprint density at radius 3 is 2.83 bits per heavy atom. The number of amides is 1. The molecule has 4 rings (SSSR count). The molecule has 1 atom stereocenters. The number of benzene rings is 1. The Kier molecular flexibility index (Phi) is 3.77. The van der Waals surface area contributed by atoms with Crippen LogP contribution in [-0.2, 0) is 15.6 Å². The molecule has 1 aromatic heterocycles. The molecule has 126 valence electrons. The largest absolute Gasteiger partial charge is 0.335 e. The van der Waals surface area contributed by atoms with Crippen LogP contribution in [0, 0.1) is 0 Å². The molecule has 0 bridgehead atoms. The first kappa shape index (κ1) is 15.8. The molecule has 0 aliphatic carbocycles. The highest BCUT2D eigenvalue weighted by molar-refractivity contribution is 7.91. The van der Waals surface area contributed by atoms with Gasteiger partial charge in [-0.05, 0) is 43.9 Å². The number of carbonyl (C=O) groups excluding carboxylic acids is 1. The summed E-state index contributed by atoms with van der Waals surface area (Å²) in [5, 5.41) is 0. The number of nitrogens with zero attached hydrogens (tertiary/aromatic N) is 1. The number of likely N-dealkylation sites (tertiary alicyclic amines) is 1. The fraction of sp³-hybridized carbons (Fsp3) is 0.389. The molecular weight excluding hydrogens is 342 g/mol. The van der Waals surface area contributed by atoms with Gasteiger partial charge in [0.05, 0.1) is 15.5 Å². The highest BCUT2D eigenvalue weighted by Crippen LogP contribution is 2.43. The van der Waals surface area contributed by atoms with Crippen LogP contribution < -0.4 is 0 Å². The lowest BCUT2D eigenvalue weighted by molar-refractivity contribution is 0.0640. The van der Waals surface area contributed by atoms with Gasteiger partial charge < -0.3 is 4.90 Å². The molecule has 24 heavy (non-hydrogen) atoms. The molecule has 1 saturated heterocycles. The van der Waals surface area contributed by atoms with Gasteiger partial charge in [0.1, 0.15) is 0 Å². The fourth-order valence-electron chi connectivity index (χ4n) is 3.62. The zero-order valence-electron chi connectivity index (χ0n) is 13.5. The van der Waals surface area contributed by atoms with E-state index in [9.17, 15) is 13.2 Å². The van der Waals surface area contributed by atoms with Crippen LogP contribution in [-0.4, -0.2) is 31.8 Å². The van der Waals surface area contributed by atoms with Crippen LogP contribution >= 0.6 is 11.3 Å². The second-order valence-corrected chi connectivity index (χ2v) is 9.57. The van der Waals surface area contributed by atoms with Crippen LogP contribution in [0.1, 0.15) is 41.4 Å². The summed E-state index contributed by atoms with van der Waals surface area (Å²) < 4.78 is 25.0. The van der Waals surface area contributed by atoms with E-state index in [-0.39, 0.29) is 17.7 Å².